The van der Waals surface area contributed by atoms with Gasteiger partial charge in [0, 0.05) is 5.92 Å². The van der Waals surface area contributed by atoms with E-state index in [0.717, 1.165) is 51.6 Å². The molecule has 136 valence electrons. The van der Waals surface area contributed by atoms with Crippen molar-refractivity contribution in [1.29, 1.82) is 0 Å². The Morgan fingerprint density at radius 2 is 1.78 bits per heavy atom. The monoisotopic (exact) mass is 327 g/mol. The number of quaternary nitrogens is 1. The highest BCUT2D eigenvalue weighted by Gasteiger charge is 2.32. The molecule has 0 aromatic carbocycles. The third-order valence-electron chi connectivity index (χ3n) is 4.62. The predicted octanol–water partition coefficient (Wildman–Crippen LogP) is 2.51. The second-order valence-corrected chi connectivity index (χ2v) is 6.81. The minimum atomic E-state index is -0.956. The first-order chi connectivity index (χ1) is 10.9. The van der Waals surface area contributed by atoms with Crippen LogP contribution in [-0.2, 0) is 4.79 Å². The standard InChI is InChI=1S/C19H37NO3/c1-5-9-10-11-12-18(21)16-20(13-6-2,14-7-3)15-17(8-4)19(22)23/h5,17-18,21H,1,6-16H2,2-4H3. The third kappa shape index (κ3) is 9.11. The van der Waals surface area contributed by atoms with Crippen LogP contribution in [0, 0.1) is 5.92 Å². The zero-order valence-electron chi connectivity index (χ0n) is 15.4. The number of nitrogens with zero attached hydrogens (tertiary/aromatic N) is 1. The van der Waals surface area contributed by atoms with Gasteiger partial charge in [0.05, 0.1) is 25.6 Å². The molecule has 0 bridgehead atoms. The van der Waals surface area contributed by atoms with E-state index in [1.54, 1.807) is 0 Å². The summed E-state index contributed by atoms with van der Waals surface area (Å²) in [6.07, 6.45) is 7.93. The number of allylic oxidation sites excluding steroid dienone is 1. The van der Waals surface area contributed by atoms with Gasteiger partial charge in [-0.3, -0.25) is 0 Å². The Kier molecular flexibility index (Phi) is 12.1. The lowest BCUT2D eigenvalue weighted by Crippen LogP contribution is -2.57. The molecule has 0 aliphatic rings. The average molecular weight is 328 g/mol. The molecule has 0 aromatic rings. The normalized spacial score (nSPS) is 14.4. The number of carboxylic acids is 1. The first-order valence-electron chi connectivity index (χ1n) is 9.29. The van der Waals surface area contributed by atoms with Gasteiger partial charge in [-0.2, -0.15) is 0 Å². The van der Waals surface area contributed by atoms with Crippen LogP contribution in [0.3, 0.4) is 0 Å². The topological polar surface area (TPSA) is 60.4 Å². The molecular formula is C19H37NO3. The van der Waals surface area contributed by atoms with Gasteiger partial charge >= 0.3 is 0 Å². The van der Waals surface area contributed by atoms with Crippen molar-refractivity contribution >= 4 is 5.97 Å². The molecule has 0 heterocycles. The van der Waals surface area contributed by atoms with E-state index in [-0.39, 0.29) is 6.10 Å². The molecule has 0 saturated carbocycles. The molecule has 0 fully saturated rings. The van der Waals surface area contributed by atoms with Gasteiger partial charge in [0.2, 0.25) is 0 Å². The molecule has 0 rings (SSSR count). The summed E-state index contributed by atoms with van der Waals surface area (Å²) in [6, 6.07) is 0. The second kappa shape index (κ2) is 12.5. The Balaban J connectivity index is 4.87. The van der Waals surface area contributed by atoms with Gasteiger partial charge in [-0.25, -0.2) is 0 Å². The first kappa shape index (κ1) is 22.1. The molecule has 4 nitrogen and oxygen atoms in total. The fourth-order valence-electron chi connectivity index (χ4n) is 3.54. The number of aliphatic hydroxyl groups excluding tert-OH is 1. The van der Waals surface area contributed by atoms with Crippen LogP contribution in [-0.4, -0.2) is 47.8 Å². The van der Waals surface area contributed by atoms with Crippen molar-refractivity contribution in [3.8, 4) is 0 Å². The van der Waals surface area contributed by atoms with Crippen LogP contribution in [0.15, 0.2) is 12.7 Å². The lowest BCUT2D eigenvalue weighted by atomic mass is 10.0. The molecular weight excluding hydrogens is 290 g/mol. The quantitative estimate of drug-likeness (QED) is 0.286. The van der Waals surface area contributed by atoms with Crippen LogP contribution >= 0.6 is 0 Å². The lowest BCUT2D eigenvalue weighted by molar-refractivity contribution is -0.933. The highest BCUT2D eigenvalue weighted by Crippen LogP contribution is 2.19. The summed E-state index contributed by atoms with van der Waals surface area (Å²) < 4.78 is 0.697. The number of hydrogen-bond donors (Lipinski definition) is 1. The maximum absolute atomic E-state index is 11.4. The molecule has 0 spiro atoms. The fourth-order valence-corrected chi connectivity index (χ4v) is 3.54. The number of rotatable bonds is 15. The van der Waals surface area contributed by atoms with Crippen molar-refractivity contribution < 1.29 is 19.5 Å². The lowest BCUT2D eigenvalue weighted by Gasteiger charge is -2.42. The SMILES string of the molecule is C=CCCCCC(O)C[N+](CCC)(CCC)CC(CC)C(=O)[O-]. The van der Waals surface area contributed by atoms with E-state index in [0.29, 0.717) is 24.0 Å². The smallest absolute Gasteiger partial charge is 0.105 e. The molecule has 2 atom stereocenters. The van der Waals surface area contributed by atoms with E-state index in [2.05, 4.69) is 20.4 Å². The van der Waals surface area contributed by atoms with Crippen molar-refractivity contribution in [1.82, 2.24) is 0 Å². The van der Waals surface area contributed by atoms with Crippen LogP contribution in [0.4, 0.5) is 0 Å². The van der Waals surface area contributed by atoms with Gasteiger partial charge in [-0.1, -0.05) is 33.3 Å². The van der Waals surface area contributed by atoms with Gasteiger partial charge in [0.25, 0.3) is 0 Å². The fraction of sp³-hybridized carbons (Fsp3) is 0.842. The largest absolute Gasteiger partial charge is 0.550 e. The van der Waals surface area contributed by atoms with E-state index >= 15 is 0 Å². The molecule has 0 aromatic heterocycles. The van der Waals surface area contributed by atoms with Gasteiger partial charge in [-0.15, -0.1) is 6.58 Å². The van der Waals surface area contributed by atoms with Crippen molar-refractivity contribution in [2.75, 3.05) is 26.2 Å². The maximum Gasteiger partial charge on any atom is 0.105 e. The zero-order chi connectivity index (χ0) is 17.7. The van der Waals surface area contributed by atoms with Crippen LogP contribution in [0.1, 0.15) is 65.7 Å². The molecule has 1 N–H and O–H groups in total. The van der Waals surface area contributed by atoms with E-state index in [1.807, 2.05) is 13.0 Å². The molecule has 0 aliphatic carbocycles. The summed E-state index contributed by atoms with van der Waals surface area (Å²) >= 11 is 0. The van der Waals surface area contributed by atoms with Crippen molar-refractivity contribution in [3.05, 3.63) is 12.7 Å². The minimum Gasteiger partial charge on any atom is -0.550 e. The van der Waals surface area contributed by atoms with Gasteiger partial charge in [0.1, 0.15) is 12.6 Å². The van der Waals surface area contributed by atoms with Crippen LogP contribution in [0.5, 0.6) is 0 Å². The van der Waals surface area contributed by atoms with Crippen LogP contribution < -0.4 is 5.11 Å². The molecule has 0 radical (unpaired) electrons. The number of carboxylic acid groups (broad SMARTS) is 1. The van der Waals surface area contributed by atoms with Gasteiger partial charge < -0.3 is 19.5 Å². The zero-order valence-corrected chi connectivity index (χ0v) is 15.4. The Labute approximate surface area is 142 Å². The summed E-state index contributed by atoms with van der Waals surface area (Å²) in [7, 11) is 0. The predicted molar refractivity (Wildman–Crippen MR) is 93.8 cm³/mol. The summed E-state index contributed by atoms with van der Waals surface area (Å²) in [4.78, 5) is 11.4. The molecule has 0 aliphatic heterocycles. The number of unbranched alkanes of at least 4 members (excludes halogenated alkanes) is 2. The van der Waals surface area contributed by atoms with Crippen molar-refractivity contribution in [2.45, 2.75) is 71.8 Å². The summed E-state index contributed by atoms with van der Waals surface area (Å²) in [5.74, 6) is -1.39. The van der Waals surface area contributed by atoms with Gasteiger partial charge in [-0.05, 0) is 38.5 Å². The third-order valence-corrected chi connectivity index (χ3v) is 4.62. The number of carbonyl (C=O) groups is 1. The molecule has 0 amide bonds. The van der Waals surface area contributed by atoms with E-state index < -0.39 is 11.9 Å². The summed E-state index contributed by atoms with van der Waals surface area (Å²) in [5, 5.41) is 21.8. The van der Waals surface area contributed by atoms with Crippen LogP contribution in [0.2, 0.25) is 0 Å². The van der Waals surface area contributed by atoms with E-state index in [1.165, 1.54) is 0 Å². The Morgan fingerprint density at radius 1 is 1.17 bits per heavy atom. The summed E-state index contributed by atoms with van der Waals surface area (Å²) in [6.45, 7) is 12.9. The highest BCUT2D eigenvalue weighted by molar-refractivity contribution is 5.67. The molecule has 2 unspecified atom stereocenters. The number of hydrogen-bond acceptors (Lipinski definition) is 3. The number of carbonyl (C=O) groups excluding carboxylic acids is 1. The van der Waals surface area contributed by atoms with Crippen LogP contribution in [0.25, 0.3) is 0 Å². The minimum absolute atomic E-state index is 0.364. The molecule has 23 heavy (non-hydrogen) atoms. The van der Waals surface area contributed by atoms with E-state index in [9.17, 15) is 15.0 Å². The number of aliphatic hydroxyl groups is 1. The second-order valence-electron chi connectivity index (χ2n) is 6.81. The Morgan fingerprint density at radius 3 is 2.22 bits per heavy atom. The Hall–Kier alpha value is -0.870. The highest BCUT2D eigenvalue weighted by atomic mass is 16.4. The van der Waals surface area contributed by atoms with Crippen molar-refractivity contribution in [2.24, 2.45) is 5.92 Å². The molecule has 0 saturated heterocycles. The molecule has 4 heteroatoms. The number of aliphatic carboxylic acids is 1. The van der Waals surface area contributed by atoms with E-state index in [4.69, 9.17) is 0 Å². The first-order valence-corrected chi connectivity index (χ1v) is 9.29. The summed E-state index contributed by atoms with van der Waals surface area (Å²) in [5.41, 5.74) is 0. The Bertz CT molecular complexity index is 325. The van der Waals surface area contributed by atoms with Crippen molar-refractivity contribution in [3.63, 3.8) is 0 Å². The maximum atomic E-state index is 11.4. The average Bonchev–Trinajstić information content (AvgIpc) is 2.49. The van der Waals surface area contributed by atoms with Gasteiger partial charge in [0.15, 0.2) is 0 Å².